The molecule has 0 fully saturated rings. The van der Waals surface area contributed by atoms with Gasteiger partial charge in [0.1, 0.15) is 15.4 Å². The van der Waals surface area contributed by atoms with Crippen molar-refractivity contribution in [1.82, 2.24) is 14.9 Å². The predicted molar refractivity (Wildman–Crippen MR) is 157 cm³/mol. The maximum Gasteiger partial charge on any atom is 1.00 e. The fourth-order valence-electron chi connectivity index (χ4n) is 4.34. The SMILES string of the molecule is CCCCCCCCCCCCCCCCC(c1n[nH]c(=S)n1NC(=S)Nc1ccccc1)S(=O)(=O)[O-].[Na+]. The van der Waals surface area contributed by atoms with Crippen LogP contribution in [-0.4, -0.2) is 33.0 Å². The summed E-state index contributed by atoms with van der Waals surface area (Å²) in [5.74, 6) is 0.0203. The Morgan fingerprint density at radius 2 is 1.45 bits per heavy atom. The van der Waals surface area contributed by atoms with Gasteiger partial charge in [0, 0.05) is 5.69 Å². The first-order valence-corrected chi connectivity index (χ1v) is 15.9. The van der Waals surface area contributed by atoms with Crippen LogP contribution in [0.25, 0.3) is 0 Å². The summed E-state index contributed by atoms with van der Waals surface area (Å²) in [7, 11) is -4.64. The monoisotopic (exact) mass is 591 g/mol. The van der Waals surface area contributed by atoms with Gasteiger partial charge >= 0.3 is 29.6 Å². The van der Waals surface area contributed by atoms with Gasteiger partial charge in [-0.05, 0) is 43.0 Å². The molecular formula is C26H42N5NaO3S3. The number of H-pyrrole nitrogens is 1. The molecule has 1 atom stereocenters. The third-order valence-electron chi connectivity index (χ3n) is 6.40. The van der Waals surface area contributed by atoms with E-state index in [1.807, 2.05) is 30.3 Å². The fourth-order valence-corrected chi connectivity index (χ4v) is 5.61. The van der Waals surface area contributed by atoms with Crippen LogP contribution in [0.1, 0.15) is 114 Å². The topological polar surface area (TPSA) is 115 Å². The van der Waals surface area contributed by atoms with E-state index in [-0.39, 0.29) is 51.7 Å². The van der Waals surface area contributed by atoms with Gasteiger partial charge in [0.2, 0.25) is 4.77 Å². The number of thiocarbonyl (C=S) groups is 1. The van der Waals surface area contributed by atoms with Crippen molar-refractivity contribution in [2.24, 2.45) is 0 Å². The van der Waals surface area contributed by atoms with E-state index in [2.05, 4.69) is 27.9 Å². The van der Waals surface area contributed by atoms with Crippen molar-refractivity contribution in [1.29, 1.82) is 0 Å². The fraction of sp³-hybridized carbons (Fsp3) is 0.654. The van der Waals surface area contributed by atoms with Crippen molar-refractivity contribution in [3.8, 4) is 0 Å². The summed E-state index contributed by atoms with van der Waals surface area (Å²) in [5, 5.41) is 8.49. The Kier molecular flexibility index (Phi) is 18.6. The van der Waals surface area contributed by atoms with E-state index in [1.165, 1.54) is 68.9 Å². The number of nitrogens with one attached hydrogen (secondary N) is 3. The van der Waals surface area contributed by atoms with Crippen molar-refractivity contribution < 1.29 is 42.5 Å². The third kappa shape index (κ3) is 14.0. The average Bonchev–Trinajstić information content (AvgIpc) is 3.20. The second-order valence-electron chi connectivity index (χ2n) is 9.52. The van der Waals surface area contributed by atoms with Crippen LogP contribution in [0.4, 0.5) is 5.69 Å². The van der Waals surface area contributed by atoms with Crippen molar-refractivity contribution in [3.05, 3.63) is 40.9 Å². The quantitative estimate of drug-likeness (QED) is 0.0957. The molecule has 208 valence electrons. The molecule has 0 saturated heterocycles. The van der Waals surface area contributed by atoms with Gasteiger partial charge < -0.3 is 9.87 Å². The maximum absolute atomic E-state index is 12.1. The number of aromatic nitrogens is 3. The van der Waals surface area contributed by atoms with Gasteiger partial charge in [-0.2, -0.15) is 5.10 Å². The third-order valence-corrected chi connectivity index (χ3v) is 8.01. The predicted octanol–water partition coefficient (Wildman–Crippen LogP) is 4.34. The average molecular weight is 592 g/mol. The van der Waals surface area contributed by atoms with Crippen molar-refractivity contribution in [3.63, 3.8) is 0 Å². The molecule has 0 spiro atoms. The molecule has 0 aliphatic rings. The van der Waals surface area contributed by atoms with Crippen LogP contribution in [0.5, 0.6) is 0 Å². The van der Waals surface area contributed by atoms with Crippen LogP contribution in [0.2, 0.25) is 0 Å². The van der Waals surface area contributed by atoms with Gasteiger partial charge in [0.05, 0.1) is 0 Å². The molecule has 0 radical (unpaired) electrons. The molecule has 0 bridgehead atoms. The molecule has 12 heteroatoms. The largest absolute Gasteiger partial charge is 1.00 e. The van der Waals surface area contributed by atoms with Gasteiger partial charge in [-0.1, -0.05) is 115 Å². The van der Waals surface area contributed by atoms with Gasteiger partial charge in [0.25, 0.3) is 0 Å². The summed E-state index contributed by atoms with van der Waals surface area (Å²) >= 11 is 10.6. The Hall–Kier alpha value is -0.820. The number of unbranched alkanes of at least 4 members (excludes halogenated alkanes) is 13. The van der Waals surface area contributed by atoms with Crippen molar-refractivity contribution >= 4 is 45.4 Å². The van der Waals surface area contributed by atoms with Gasteiger partial charge in [-0.25, -0.2) is 13.1 Å². The van der Waals surface area contributed by atoms with E-state index >= 15 is 0 Å². The number of hydrogen-bond donors (Lipinski definition) is 3. The summed E-state index contributed by atoms with van der Waals surface area (Å²) in [6.45, 7) is 2.25. The summed E-state index contributed by atoms with van der Waals surface area (Å²) in [5.41, 5.74) is 3.60. The smallest absolute Gasteiger partial charge is 0.747 e. The summed E-state index contributed by atoms with van der Waals surface area (Å²) in [4.78, 5) is 0. The second-order valence-corrected chi connectivity index (χ2v) is 11.9. The standard InChI is InChI=1S/C26H43N5O3S3.Na/c1-2-3-4-5-6-7-8-9-10-11-12-13-14-18-21-23(37(32,33)34)24-28-29-26(36)31(24)30-25(35)27-22-19-16-15-17-20-22;/h15-17,19-20,23H,2-14,18,21H2,1H3,(H,29,36)(H2,27,30,35)(H,32,33,34);/q;+1/p-1. The first kappa shape index (κ1) is 35.2. The number of anilines is 1. The molecule has 2 aromatic rings. The van der Waals surface area contributed by atoms with Gasteiger partial charge in [-0.15, -0.1) is 0 Å². The molecule has 0 aliphatic carbocycles. The van der Waals surface area contributed by atoms with E-state index in [1.54, 1.807) is 0 Å². The minimum Gasteiger partial charge on any atom is -0.747 e. The number of hydrogen-bond acceptors (Lipinski definition) is 6. The molecule has 0 amide bonds. The molecule has 1 unspecified atom stereocenters. The van der Waals surface area contributed by atoms with Crippen molar-refractivity contribution in [2.45, 2.75) is 108 Å². The zero-order chi connectivity index (χ0) is 26.9. The molecule has 1 heterocycles. The number of benzene rings is 1. The summed E-state index contributed by atoms with van der Waals surface area (Å²) in [6.07, 6.45) is 17.0. The molecule has 38 heavy (non-hydrogen) atoms. The van der Waals surface area contributed by atoms with E-state index in [0.29, 0.717) is 6.42 Å². The summed E-state index contributed by atoms with van der Waals surface area (Å²) in [6, 6.07) is 9.27. The number of para-hydroxylation sites is 1. The first-order chi connectivity index (χ1) is 17.8. The molecular weight excluding hydrogens is 550 g/mol. The van der Waals surface area contributed by atoms with Gasteiger partial charge in [0.15, 0.2) is 10.9 Å². The zero-order valence-corrected chi connectivity index (χ0v) is 27.4. The van der Waals surface area contributed by atoms with Crippen LogP contribution < -0.4 is 40.3 Å². The Bertz CT molecular complexity index is 1080. The van der Waals surface area contributed by atoms with E-state index in [4.69, 9.17) is 24.4 Å². The van der Waals surface area contributed by atoms with E-state index in [9.17, 15) is 13.0 Å². The molecule has 0 saturated carbocycles. The second kappa shape index (κ2) is 20.1. The number of rotatable bonds is 19. The van der Waals surface area contributed by atoms with Crippen LogP contribution in [-0.2, 0) is 10.1 Å². The van der Waals surface area contributed by atoms with Crippen LogP contribution in [0.3, 0.4) is 0 Å². The Balaban J connectivity index is 0.00000722. The molecule has 0 aliphatic heterocycles. The van der Waals surface area contributed by atoms with Crippen molar-refractivity contribution in [2.75, 3.05) is 10.7 Å². The first-order valence-electron chi connectivity index (χ1n) is 13.6. The molecule has 1 aromatic carbocycles. The molecule has 2 rings (SSSR count). The Labute approximate surface area is 261 Å². The van der Waals surface area contributed by atoms with E-state index in [0.717, 1.165) is 24.9 Å². The van der Waals surface area contributed by atoms with Gasteiger partial charge in [-0.3, -0.25) is 10.5 Å². The Morgan fingerprint density at radius 3 is 1.95 bits per heavy atom. The molecule has 8 nitrogen and oxygen atoms in total. The number of aromatic amines is 1. The molecule has 3 N–H and O–H groups in total. The van der Waals surface area contributed by atoms with Crippen LogP contribution in [0.15, 0.2) is 30.3 Å². The van der Waals surface area contributed by atoms with Crippen LogP contribution >= 0.6 is 24.4 Å². The minimum atomic E-state index is -4.64. The molecule has 1 aromatic heterocycles. The van der Waals surface area contributed by atoms with E-state index < -0.39 is 15.4 Å². The number of nitrogens with zero attached hydrogens (tertiary/aromatic N) is 2. The maximum atomic E-state index is 12.1. The van der Waals surface area contributed by atoms with Crippen LogP contribution in [0, 0.1) is 4.77 Å². The summed E-state index contributed by atoms with van der Waals surface area (Å²) < 4.78 is 37.7. The normalized spacial score (nSPS) is 12.1. The zero-order valence-electron chi connectivity index (χ0n) is 22.9. The minimum absolute atomic E-state index is 0. The Morgan fingerprint density at radius 1 is 0.947 bits per heavy atom.